The van der Waals surface area contributed by atoms with E-state index in [2.05, 4.69) is 10.3 Å². The number of hydrogen-bond acceptors (Lipinski definition) is 3. The lowest BCUT2D eigenvalue weighted by Crippen LogP contribution is -2.29. The van der Waals surface area contributed by atoms with Gasteiger partial charge in [-0.1, -0.05) is 35.9 Å². The van der Waals surface area contributed by atoms with E-state index in [1.165, 1.54) is 12.4 Å². The summed E-state index contributed by atoms with van der Waals surface area (Å²) in [5, 5.41) is 3.41. The normalized spacial score (nSPS) is 12.6. The summed E-state index contributed by atoms with van der Waals surface area (Å²) in [5.74, 6) is -0.500. The lowest BCUT2D eigenvalue weighted by molar-refractivity contribution is 0.0989. The lowest BCUT2D eigenvalue weighted by Gasteiger charge is -2.17. The van der Waals surface area contributed by atoms with Crippen molar-refractivity contribution in [2.24, 2.45) is 0 Å². The highest BCUT2D eigenvalue weighted by molar-refractivity contribution is 6.31. The molecule has 0 saturated heterocycles. The molecule has 140 valence electrons. The van der Waals surface area contributed by atoms with E-state index in [1.54, 1.807) is 29.2 Å². The van der Waals surface area contributed by atoms with E-state index in [4.69, 9.17) is 11.6 Å². The van der Waals surface area contributed by atoms with Crippen LogP contribution < -0.4 is 10.2 Å². The van der Waals surface area contributed by atoms with Gasteiger partial charge in [0.1, 0.15) is 0 Å². The van der Waals surface area contributed by atoms with Crippen molar-refractivity contribution < 1.29 is 9.59 Å². The minimum Gasteiger partial charge on any atom is -0.322 e. The highest BCUT2D eigenvalue weighted by atomic mass is 35.5. The predicted octanol–water partition coefficient (Wildman–Crippen LogP) is 4.50. The monoisotopic (exact) mass is 391 g/mol. The molecule has 0 atom stereocenters. The van der Waals surface area contributed by atoms with Gasteiger partial charge in [-0.15, -0.1) is 0 Å². The van der Waals surface area contributed by atoms with Gasteiger partial charge in [0.15, 0.2) is 0 Å². The Morgan fingerprint density at radius 1 is 1.07 bits per heavy atom. The number of nitrogens with zero attached hydrogens (tertiary/aromatic N) is 2. The van der Waals surface area contributed by atoms with E-state index in [1.807, 2.05) is 31.2 Å². The zero-order valence-corrected chi connectivity index (χ0v) is 16.0. The van der Waals surface area contributed by atoms with Crippen LogP contribution >= 0.6 is 11.6 Å². The second-order valence-electron chi connectivity index (χ2n) is 6.66. The van der Waals surface area contributed by atoms with Crippen LogP contribution in [0.3, 0.4) is 0 Å². The molecule has 0 radical (unpaired) electrons. The van der Waals surface area contributed by atoms with Gasteiger partial charge in [0, 0.05) is 35.3 Å². The third kappa shape index (κ3) is 3.37. The number of aromatic nitrogens is 1. The van der Waals surface area contributed by atoms with Crippen molar-refractivity contribution in [3.63, 3.8) is 0 Å². The van der Waals surface area contributed by atoms with E-state index in [0.29, 0.717) is 28.4 Å². The van der Waals surface area contributed by atoms with Gasteiger partial charge >= 0.3 is 0 Å². The average molecular weight is 392 g/mol. The van der Waals surface area contributed by atoms with Crippen molar-refractivity contribution in [3.05, 3.63) is 88.2 Å². The fourth-order valence-corrected chi connectivity index (χ4v) is 3.50. The molecule has 0 fully saturated rings. The summed E-state index contributed by atoms with van der Waals surface area (Å²) in [6, 6.07) is 14.7. The highest BCUT2D eigenvalue weighted by Crippen LogP contribution is 2.29. The average Bonchev–Trinajstić information content (AvgIpc) is 3.15. The van der Waals surface area contributed by atoms with Gasteiger partial charge in [-0.05, 0) is 48.7 Å². The summed E-state index contributed by atoms with van der Waals surface area (Å²) in [6.07, 6.45) is 3.76. The van der Waals surface area contributed by atoms with E-state index in [0.717, 1.165) is 23.2 Å². The molecule has 28 heavy (non-hydrogen) atoms. The molecule has 2 aromatic carbocycles. The van der Waals surface area contributed by atoms with Crippen molar-refractivity contribution in [1.29, 1.82) is 0 Å². The van der Waals surface area contributed by atoms with Crippen molar-refractivity contribution in [2.45, 2.75) is 13.3 Å². The van der Waals surface area contributed by atoms with Gasteiger partial charge in [0.05, 0.1) is 11.1 Å². The maximum atomic E-state index is 13.0. The first-order valence-electron chi connectivity index (χ1n) is 8.96. The first kappa shape index (κ1) is 18.2. The zero-order chi connectivity index (χ0) is 19.7. The fourth-order valence-electron chi connectivity index (χ4n) is 3.32. The minimum atomic E-state index is -0.339. The smallest absolute Gasteiger partial charge is 0.259 e. The molecule has 2 amide bonds. The van der Waals surface area contributed by atoms with Crippen molar-refractivity contribution >= 4 is 34.8 Å². The molecule has 1 N–H and O–H groups in total. The second kappa shape index (κ2) is 7.44. The molecule has 0 saturated carbocycles. The maximum absolute atomic E-state index is 13.0. The Morgan fingerprint density at radius 2 is 1.86 bits per heavy atom. The van der Waals surface area contributed by atoms with Crippen LogP contribution in [0, 0.1) is 6.92 Å². The molecule has 1 aliphatic rings. The molecule has 5 nitrogen and oxygen atoms in total. The predicted molar refractivity (Wildman–Crippen MR) is 110 cm³/mol. The molecule has 0 unspecified atom stereocenters. The Morgan fingerprint density at radius 3 is 2.71 bits per heavy atom. The minimum absolute atomic E-state index is 0.161. The summed E-state index contributed by atoms with van der Waals surface area (Å²) >= 11 is 6.11. The number of fused-ring (bicyclic) bond motifs is 1. The Labute approximate surface area is 168 Å². The molecular formula is C22H18ClN3O2. The lowest BCUT2D eigenvalue weighted by atomic mass is 10.1. The van der Waals surface area contributed by atoms with E-state index >= 15 is 0 Å². The van der Waals surface area contributed by atoms with Crippen LogP contribution in [0.25, 0.3) is 0 Å². The maximum Gasteiger partial charge on any atom is 0.259 e. The Balaban J connectivity index is 1.57. The number of anilines is 2. The van der Waals surface area contributed by atoms with Gasteiger partial charge < -0.3 is 10.2 Å². The number of carbonyl (C=O) groups excluding carboxylic acids is 2. The zero-order valence-electron chi connectivity index (χ0n) is 15.3. The summed E-state index contributed by atoms with van der Waals surface area (Å²) in [4.78, 5) is 31.5. The number of benzene rings is 2. The number of pyridine rings is 1. The van der Waals surface area contributed by atoms with Crippen molar-refractivity contribution in [2.75, 3.05) is 16.8 Å². The van der Waals surface area contributed by atoms with Crippen LogP contribution in [0.1, 0.15) is 31.8 Å². The SMILES string of the molecule is Cc1c(Cl)cccc1NC(=O)c1cncc(C(=O)N2CCc3ccccc32)c1. The molecule has 6 heteroatoms. The molecule has 1 aliphatic heterocycles. The molecule has 0 bridgehead atoms. The molecular weight excluding hydrogens is 374 g/mol. The molecule has 0 spiro atoms. The summed E-state index contributed by atoms with van der Waals surface area (Å²) in [5.41, 5.74) is 4.17. The first-order chi connectivity index (χ1) is 13.5. The topological polar surface area (TPSA) is 62.3 Å². The van der Waals surface area contributed by atoms with Gasteiger partial charge in [-0.2, -0.15) is 0 Å². The van der Waals surface area contributed by atoms with E-state index < -0.39 is 0 Å². The largest absolute Gasteiger partial charge is 0.322 e. The number of para-hydroxylation sites is 1. The Hall–Kier alpha value is -3.18. The molecule has 1 aromatic heterocycles. The van der Waals surface area contributed by atoms with Gasteiger partial charge in [-0.25, -0.2) is 0 Å². The van der Waals surface area contributed by atoms with Crippen LogP contribution in [0.2, 0.25) is 5.02 Å². The van der Waals surface area contributed by atoms with Crippen molar-refractivity contribution in [3.8, 4) is 0 Å². The number of amides is 2. The second-order valence-corrected chi connectivity index (χ2v) is 7.07. The van der Waals surface area contributed by atoms with Crippen LogP contribution in [0.4, 0.5) is 11.4 Å². The summed E-state index contributed by atoms with van der Waals surface area (Å²) in [6.45, 7) is 2.46. The Bertz CT molecular complexity index is 1080. The Kier molecular flexibility index (Phi) is 4.84. The number of carbonyl (C=O) groups is 2. The number of halogens is 1. The van der Waals surface area contributed by atoms with Gasteiger partial charge in [0.25, 0.3) is 11.8 Å². The summed E-state index contributed by atoms with van der Waals surface area (Å²) in [7, 11) is 0. The number of rotatable bonds is 3. The van der Waals surface area contributed by atoms with Crippen molar-refractivity contribution in [1.82, 2.24) is 4.98 Å². The van der Waals surface area contributed by atoms with Gasteiger partial charge in [-0.3, -0.25) is 14.6 Å². The molecule has 0 aliphatic carbocycles. The standard InChI is InChI=1S/C22H18ClN3O2/c1-14-18(23)6-4-7-19(14)25-21(27)16-11-17(13-24-12-16)22(28)26-10-9-15-5-2-3-8-20(15)26/h2-8,11-13H,9-10H2,1H3,(H,25,27). The summed E-state index contributed by atoms with van der Waals surface area (Å²) < 4.78 is 0. The molecule has 4 rings (SSSR count). The third-order valence-corrected chi connectivity index (χ3v) is 5.31. The fraction of sp³-hybridized carbons (Fsp3) is 0.136. The first-order valence-corrected chi connectivity index (χ1v) is 9.33. The molecule has 2 heterocycles. The van der Waals surface area contributed by atoms with Crippen LogP contribution in [0.15, 0.2) is 60.9 Å². The number of hydrogen-bond donors (Lipinski definition) is 1. The number of nitrogens with one attached hydrogen (secondary N) is 1. The van der Waals surface area contributed by atoms with Crippen LogP contribution in [0.5, 0.6) is 0 Å². The third-order valence-electron chi connectivity index (χ3n) is 4.90. The van der Waals surface area contributed by atoms with Crippen LogP contribution in [-0.2, 0) is 6.42 Å². The highest BCUT2D eigenvalue weighted by Gasteiger charge is 2.25. The quantitative estimate of drug-likeness (QED) is 0.715. The van der Waals surface area contributed by atoms with Gasteiger partial charge in [0.2, 0.25) is 0 Å². The van der Waals surface area contributed by atoms with Crippen LogP contribution in [-0.4, -0.2) is 23.3 Å². The molecule has 3 aromatic rings. The van der Waals surface area contributed by atoms with E-state index in [9.17, 15) is 9.59 Å². The van der Waals surface area contributed by atoms with E-state index in [-0.39, 0.29) is 11.8 Å².